The van der Waals surface area contributed by atoms with Crippen molar-refractivity contribution in [1.29, 1.82) is 0 Å². The van der Waals surface area contributed by atoms with E-state index in [0.29, 0.717) is 43.0 Å². The molecule has 0 atom stereocenters. The van der Waals surface area contributed by atoms with Crippen molar-refractivity contribution in [2.24, 2.45) is 4.40 Å². The second-order valence-electron chi connectivity index (χ2n) is 6.49. The summed E-state index contributed by atoms with van der Waals surface area (Å²) < 4.78 is 68.0. The quantitative estimate of drug-likeness (QED) is 0.749. The molecule has 0 aliphatic carbocycles. The van der Waals surface area contributed by atoms with Gasteiger partial charge >= 0.3 is 0 Å². The molecular formula is C17H22FN3O4S2. The minimum atomic E-state index is -3.89. The molecule has 1 fully saturated rings. The first-order valence-electron chi connectivity index (χ1n) is 8.70. The Bertz CT molecular complexity index is 999. The van der Waals surface area contributed by atoms with Crippen LogP contribution in [0.1, 0.15) is 25.8 Å². The Labute approximate surface area is 159 Å². The van der Waals surface area contributed by atoms with Crippen LogP contribution in [0.3, 0.4) is 0 Å². The summed E-state index contributed by atoms with van der Waals surface area (Å²) in [5.41, 5.74) is 0.881. The fourth-order valence-electron chi connectivity index (χ4n) is 3.35. The van der Waals surface area contributed by atoms with Crippen molar-refractivity contribution in [1.82, 2.24) is 9.21 Å². The molecule has 2 aliphatic heterocycles. The molecule has 0 amide bonds. The van der Waals surface area contributed by atoms with Gasteiger partial charge in [-0.15, -0.1) is 4.40 Å². The largest absolute Gasteiger partial charge is 0.354 e. The third-order valence-corrected chi connectivity index (χ3v) is 8.11. The van der Waals surface area contributed by atoms with Crippen LogP contribution in [0.5, 0.6) is 0 Å². The third kappa shape index (κ3) is 3.92. The molecule has 1 aromatic carbocycles. The van der Waals surface area contributed by atoms with Crippen LogP contribution in [-0.4, -0.2) is 63.8 Å². The van der Waals surface area contributed by atoms with Gasteiger partial charge in [0.15, 0.2) is 0 Å². The monoisotopic (exact) mass is 415 g/mol. The van der Waals surface area contributed by atoms with Crippen LogP contribution in [0, 0.1) is 5.82 Å². The zero-order valence-electron chi connectivity index (χ0n) is 15.2. The predicted molar refractivity (Wildman–Crippen MR) is 103 cm³/mol. The maximum atomic E-state index is 13.2. The molecule has 7 nitrogen and oxygen atoms in total. The molecule has 10 heteroatoms. The van der Waals surface area contributed by atoms with E-state index in [1.54, 1.807) is 13.8 Å². The second kappa shape index (κ2) is 7.33. The van der Waals surface area contributed by atoms with Gasteiger partial charge in [-0.25, -0.2) is 17.1 Å². The average molecular weight is 416 g/mol. The minimum absolute atomic E-state index is 0.0377. The molecule has 0 unspecified atom stereocenters. The number of halogens is 1. The lowest BCUT2D eigenvalue weighted by atomic mass is 10.1. The molecule has 2 heterocycles. The van der Waals surface area contributed by atoms with Gasteiger partial charge in [0, 0.05) is 31.8 Å². The van der Waals surface area contributed by atoms with Crippen LogP contribution < -0.4 is 0 Å². The van der Waals surface area contributed by atoms with E-state index < -0.39 is 25.9 Å². The van der Waals surface area contributed by atoms with E-state index in [9.17, 15) is 21.2 Å². The van der Waals surface area contributed by atoms with E-state index in [1.165, 1.54) is 28.6 Å². The van der Waals surface area contributed by atoms with Crippen molar-refractivity contribution in [3.8, 4) is 0 Å². The van der Waals surface area contributed by atoms with Gasteiger partial charge in [0.25, 0.3) is 10.0 Å². The molecule has 0 N–H and O–H groups in total. The minimum Gasteiger partial charge on any atom is -0.354 e. The summed E-state index contributed by atoms with van der Waals surface area (Å²) in [5, 5.41) is 0. The van der Waals surface area contributed by atoms with Gasteiger partial charge in [-0.3, -0.25) is 0 Å². The lowest BCUT2D eigenvalue weighted by Gasteiger charge is -2.23. The number of sulfonamides is 2. The van der Waals surface area contributed by atoms with E-state index in [-0.39, 0.29) is 17.2 Å². The van der Waals surface area contributed by atoms with Crippen LogP contribution in [0.15, 0.2) is 34.2 Å². The van der Waals surface area contributed by atoms with Gasteiger partial charge in [-0.1, -0.05) is 12.1 Å². The first-order chi connectivity index (χ1) is 12.7. The van der Waals surface area contributed by atoms with Crippen LogP contribution >= 0.6 is 0 Å². The van der Waals surface area contributed by atoms with Gasteiger partial charge in [0.2, 0.25) is 10.0 Å². The number of hydrogen-bond donors (Lipinski definition) is 0. The summed E-state index contributed by atoms with van der Waals surface area (Å²) in [6.45, 7) is 4.84. The van der Waals surface area contributed by atoms with Gasteiger partial charge in [-0.2, -0.15) is 8.42 Å². The van der Waals surface area contributed by atoms with Crippen LogP contribution in [0.4, 0.5) is 4.39 Å². The highest BCUT2D eigenvalue weighted by Crippen LogP contribution is 2.34. The molecular weight excluding hydrogens is 393 g/mol. The molecule has 0 aromatic heterocycles. The Morgan fingerprint density at radius 1 is 1.11 bits per heavy atom. The molecule has 0 bridgehead atoms. The second-order valence-corrected chi connectivity index (χ2v) is 10.3. The highest BCUT2D eigenvalue weighted by Gasteiger charge is 2.34. The number of amidine groups is 1. The first kappa shape index (κ1) is 20.0. The van der Waals surface area contributed by atoms with E-state index in [0.717, 1.165) is 0 Å². The van der Waals surface area contributed by atoms with Gasteiger partial charge in [-0.05, 0) is 38.0 Å². The van der Waals surface area contributed by atoms with Crippen LogP contribution in [0.25, 0.3) is 4.91 Å². The average Bonchev–Trinajstić information content (AvgIpc) is 2.79. The topological polar surface area (TPSA) is 87.1 Å². The lowest BCUT2D eigenvalue weighted by Crippen LogP contribution is -2.38. The Balaban J connectivity index is 1.90. The fourth-order valence-corrected chi connectivity index (χ4v) is 5.97. The van der Waals surface area contributed by atoms with Crippen molar-refractivity contribution >= 4 is 30.8 Å². The number of rotatable bonds is 3. The number of benzene rings is 1. The fraction of sp³-hybridized carbons (Fsp3) is 0.471. The molecule has 27 heavy (non-hydrogen) atoms. The Morgan fingerprint density at radius 3 is 2.41 bits per heavy atom. The molecule has 0 radical (unpaired) electrons. The summed E-state index contributed by atoms with van der Waals surface area (Å²) in [5.74, 6) is -0.0703. The van der Waals surface area contributed by atoms with Crippen molar-refractivity contribution in [3.05, 3.63) is 41.2 Å². The van der Waals surface area contributed by atoms with E-state index in [4.69, 9.17) is 0 Å². The maximum Gasteiger partial charge on any atom is 0.285 e. The van der Waals surface area contributed by atoms with E-state index in [2.05, 4.69) is 4.40 Å². The zero-order chi connectivity index (χ0) is 19.8. The number of hydrogen-bond acceptors (Lipinski definition) is 5. The van der Waals surface area contributed by atoms with Crippen LogP contribution in [-0.2, 0) is 20.0 Å². The molecule has 0 spiro atoms. The van der Waals surface area contributed by atoms with Gasteiger partial charge in [0.05, 0.1) is 5.75 Å². The third-order valence-electron chi connectivity index (χ3n) is 4.76. The summed E-state index contributed by atoms with van der Waals surface area (Å²) in [7, 11) is -7.17. The Kier molecular flexibility index (Phi) is 5.42. The van der Waals surface area contributed by atoms with Gasteiger partial charge < -0.3 is 4.90 Å². The summed E-state index contributed by atoms with van der Waals surface area (Å²) in [6.07, 6.45) is 0.581. The SMILES string of the molecule is CCS(=O)(=O)N1CCCN(C2=NS(=O)(=O)C(c3ccc(F)cc3)=C2C)CC1. The van der Waals surface area contributed by atoms with E-state index in [1.807, 2.05) is 4.90 Å². The van der Waals surface area contributed by atoms with Crippen LogP contribution in [0.2, 0.25) is 0 Å². The lowest BCUT2D eigenvalue weighted by molar-refractivity contribution is 0.408. The van der Waals surface area contributed by atoms with E-state index >= 15 is 0 Å². The highest BCUT2D eigenvalue weighted by atomic mass is 32.2. The zero-order valence-corrected chi connectivity index (χ0v) is 16.9. The molecule has 3 rings (SSSR count). The maximum absolute atomic E-state index is 13.2. The van der Waals surface area contributed by atoms with Crippen molar-refractivity contribution in [3.63, 3.8) is 0 Å². The molecule has 1 saturated heterocycles. The van der Waals surface area contributed by atoms with Crippen molar-refractivity contribution in [2.45, 2.75) is 20.3 Å². The standard InChI is InChI=1S/C17H22FN3O4S2/c1-3-26(22,23)21-10-4-9-20(11-12-21)17-13(2)16(27(24,25)19-17)14-5-7-15(18)8-6-14/h5-8H,3-4,9-12H2,1-2H3. The molecule has 148 valence electrons. The summed E-state index contributed by atoms with van der Waals surface area (Å²) in [4.78, 5) is 1.88. The number of nitrogens with zero attached hydrogens (tertiary/aromatic N) is 3. The predicted octanol–water partition coefficient (Wildman–Crippen LogP) is 1.66. The normalized spacial score (nSPS) is 21.3. The Hall–Kier alpha value is -1.78. The van der Waals surface area contributed by atoms with Crippen molar-refractivity contribution < 1.29 is 21.2 Å². The Morgan fingerprint density at radius 2 is 1.78 bits per heavy atom. The van der Waals surface area contributed by atoms with Crippen molar-refractivity contribution in [2.75, 3.05) is 31.9 Å². The summed E-state index contributed by atoms with van der Waals surface area (Å²) >= 11 is 0. The summed E-state index contributed by atoms with van der Waals surface area (Å²) in [6, 6.07) is 5.26. The smallest absolute Gasteiger partial charge is 0.285 e. The first-order valence-corrected chi connectivity index (χ1v) is 11.8. The molecule has 0 saturated carbocycles. The highest BCUT2D eigenvalue weighted by molar-refractivity contribution is 8.00. The van der Waals surface area contributed by atoms with Gasteiger partial charge in [0.1, 0.15) is 16.6 Å². The molecule has 2 aliphatic rings. The molecule has 1 aromatic rings.